The van der Waals surface area contributed by atoms with E-state index in [9.17, 15) is 14.7 Å². The van der Waals surface area contributed by atoms with E-state index in [2.05, 4.69) is 5.16 Å². The summed E-state index contributed by atoms with van der Waals surface area (Å²) < 4.78 is 5.27. The maximum absolute atomic E-state index is 13.2. The Morgan fingerprint density at radius 2 is 2.00 bits per heavy atom. The third-order valence-electron chi connectivity index (χ3n) is 5.40. The van der Waals surface area contributed by atoms with Gasteiger partial charge in [-0.25, -0.2) is 0 Å². The molecule has 4 rings (SSSR count). The molecule has 1 amide bonds. The van der Waals surface area contributed by atoms with Crippen molar-refractivity contribution in [3.63, 3.8) is 0 Å². The lowest BCUT2D eigenvalue weighted by molar-refractivity contribution is -0.142. The summed E-state index contributed by atoms with van der Waals surface area (Å²) in [5.41, 5.74) is 1.39. The third kappa shape index (κ3) is 2.88. The van der Waals surface area contributed by atoms with Gasteiger partial charge in [0.05, 0.1) is 10.9 Å². The Kier molecular flexibility index (Phi) is 4.23. The van der Waals surface area contributed by atoms with Crippen molar-refractivity contribution in [3.05, 3.63) is 40.6 Å². The molecule has 2 aliphatic rings. The Morgan fingerprint density at radius 1 is 1.27 bits per heavy atom. The fourth-order valence-electron chi connectivity index (χ4n) is 3.88. The predicted molar refractivity (Wildman–Crippen MR) is 94.9 cm³/mol. The first-order chi connectivity index (χ1) is 12.5. The summed E-state index contributed by atoms with van der Waals surface area (Å²) in [5.74, 6) is -0.721. The van der Waals surface area contributed by atoms with Crippen LogP contribution in [-0.4, -0.2) is 40.1 Å². The predicted octanol–water partition coefficient (Wildman–Crippen LogP) is 3.49. The number of hydrogen-bond acceptors (Lipinski definition) is 4. The first-order valence-electron chi connectivity index (χ1n) is 8.70. The molecule has 1 aromatic carbocycles. The lowest BCUT2D eigenvalue weighted by Crippen LogP contribution is -2.30. The van der Waals surface area contributed by atoms with Crippen LogP contribution in [0.3, 0.4) is 0 Å². The van der Waals surface area contributed by atoms with E-state index >= 15 is 0 Å². The first-order valence-corrected chi connectivity index (χ1v) is 9.08. The molecule has 2 fully saturated rings. The zero-order valence-electron chi connectivity index (χ0n) is 14.3. The van der Waals surface area contributed by atoms with Crippen LogP contribution in [0.15, 0.2) is 28.8 Å². The standard InChI is InChI=1S/C19H19ClN2O4/c1-10-16(17(21-26-10)12-4-2-3-5-15(12)20)18(23)22-8-13(11-6-7-11)14(9-22)19(24)25/h2-5,11,13-14H,6-9H2,1H3,(H,24,25)/t13-,14+/m1/s1. The van der Waals surface area contributed by atoms with Crippen LogP contribution in [0.4, 0.5) is 0 Å². The van der Waals surface area contributed by atoms with Gasteiger partial charge in [-0.05, 0) is 37.7 Å². The molecule has 0 unspecified atom stereocenters. The second-order valence-electron chi connectivity index (χ2n) is 7.10. The Bertz CT molecular complexity index is 874. The fraction of sp³-hybridized carbons (Fsp3) is 0.421. The van der Waals surface area contributed by atoms with E-state index in [-0.39, 0.29) is 18.4 Å². The molecule has 2 heterocycles. The lowest BCUT2D eigenvalue weighted by atomic mass is 9.92. The number of carbonyl (C=O) groups excluding carboxylic acids is 1. The molecule has 1 saturated heterocycles. The molecule has 1 aliphatic carbocycles. The molecule has 136 valence electrons. The van der Waals surface area contributed by atoms with Crippen LogP contribution < -0.4 is 0 Å². The number of carboxylic acids is 1. The van der Waals surface area contributed by atoms with Crippen LogP contribution in [0.25, 0.3) is 11.3 Å². The summed E-state index contributed by atoms with van der Waals surface area (Å²) in [5, 5.41) is 14.0. The molecule has 1 N–H and O–H groups in total. The number of aliphatic carboxylic acids is 1. The van der Waals surface area contributed by atoms with Crippen molar-refractivity contribution >= 4 is 23.5 Å². The molecule has 0 spiro atoms. The number of rotatable bonds is 4. The van der Waals surface area contributed by atoms with Gasteiger partial charge in [0.2, 0.25) is 0 Å². The van der Waals surface area contributed by atoms with Crippen molar-refractivity contribution in [2.75, 3.05) is 13.1 Å². The van der Waals surface area contributed by atoms with Gasteiger partial charge < -0.3 is 14.5 Å². The Labute approximate surface area is 155 Å². The molecular weight excluding hydrogens is 356 g/mol. The van der Waals surface area contributed by atoms with Crippen LogP contribution in [0, 0.1) is 24.7 Å². The lowest BCUT2D eigenvalue weighted by Gasteiger charge is -2.16. The quantitative estimate of drug-likeness (QED) is 0.885. The smallest absolute Gasteiger partial charge is 0.308 e. The van der Waals surface area contributed by atoms with Gasteiger partial charge in [-0.2, -0.15) is 0 Å². The van der Waals surface area contributed by atoms with E-state index in [1.807, 2.05) is 6.07 Å². The summed E-state index contributed by atoms with van der Waals surface area (Å²) in [7, 11) is 0. The zero-order chi connectivity index (χ0) is 18.4. The van der Waals surface area contributed by atoms with Crippen molar-refractivity contribution in [3.8, 4) is 11.3 Å². The minimum Gasteiger partial charge on any atom is -0.481 e. The number of halogens is 1. The molecule has 1 aromatic heterocycles. The largest absolute Gasteiger partial charge is 0.481 e. The van der Waals surface area contributed by atoms with E-state index in [1.54, 1.807) is 30.0 Å². The van der Waals surface area contributed by atoms with Gasteiger partial charge in [-0.15, -0.1) is 0 Å². The molecule has 1 saturated carbocycles. The Hall–Kier alpha value is -2.34. The molecule has 26 heavy (non-hydrogen) atoms. The summed E-state index contributed by atoms with van der Waals surface area (Å²) in [6.07, 6.45) is 2.10. The van der Waals surface area contributed by atoms with Crippen molar-refractivity contribution in [2.24, 2.45) is 17.8 Å². The fourth-order valence-corrected chi connectivity index (χ4v) is 4.10. The second-order valence-corrected chi connectivity index (χ2v) is 7.51. The highest BCUT2D eigenvalue weighted by atomic mass is 35.5. The van der Waals surface area contributed by atoms with Crippen molar-refractivity contribution in [1.29, 1.82) is 0 Å². The number of carbonyl (C=O) groups is 2. The second kappa shape index (κ2) is 6.43. The number of likely N-dealkylation sites (tertiary alicyclic amines) is 1. The maximum atomic E-state index is 13.2. The number of aryl methyl sites for hydroxylation is 1. The summed E-state index contributed by atoms with van der Waals surface area (Å²) >= 11 is 6.26. The SMILES string of the molecule is Cc1onc(-c2ccccc2Cl)c1C(=O)N1C[C@H](C(=O)O)[C@@H](C2CC2)C1. The van der Waals surface area contributed by atoms with Crippen LogP contribution in [-0.2, 0) is 4.79 Å². The molecule has 7 heteroatoms. The van der Waals surface area contributed by atoms with Gasteiger partial charge >= 0.3 is 5.97 Å². The molecular formula is C19H19ClN2O4. The monoisotopic (exact) mass is 374 g/mol. The average Bonchev–Trinajstić information content (AvgIpc) is 3.24. The Balaban J connectivity index is 1.66. The first kappa shape index (κ1) is 17.1. The average molecular weight is 375 g/mol. The van der Waals surface area contributed by atoms with E-state index in [0.717, 1.165) is 12.8 Å². The Morgan fingerprint density at radius 3 is 2.65 bits per heavy atom. The molecule has 0 radical (unpaired) electrons. The van der Waals surface area contributed by atoms with Crippen molar-refractivity contribution < 1.29 is 19.2 Å². The van der Waals surface area contributed by atoms with Crippen LogP contribution in [0.5, 0.6) is 0 Å². The number of hydrogen-bond donors (Lipinski definition) is 1. The molecule has 1 aliphatic heterocycles. The van der Waals surface area contributed by atoms with Gasteiger partial charge in [0.15, 0.2) is 0 Å². The minimum absolute atomic E-state index is 0.0281. The molecule has 6 nitrogen and oxygen atoms in total. The maximum Gasteiger partial charge on any atom is 0.308 e. The van der Waals surface area contributed by atoms with Gasteiger partial charge in [-0.1, -0.05) is 35.0 Å². The summed E-state index contributed by atoms with van der Waals surface area (Å²) in [4.78, 5) is 26.4. The highest BCUT2D eigenvalue weighted by Crippen LogP contribution is 2.44. The van der Waals surface area contributed by atoms with E-state index in [1.165, 1.54) is 0 Å². The molecule has 0 bridgehead atoms. The van der Waals surface area contributed by atoms with E-state index in [0.29, 0.717) is 40.1 Å². The van der Waals surface area contributed by atoms with Crippen molar-refractivity contribution in [1.82, 2.24) is 10.1 Å². The molecule has 2 atom stereocenters. The minimum atomic E-state index is -0.828. The van der Waals surface area contributed by atoms with Crippen LogP contribution in [0.2, 0.25) is 5.02 Å². The third-order valence-corrected chi connectivity index (χ3v) is 5.73. The summed E-state index contributed by atoms with van der Waals surface area (Å²) in [6, 6.07) is 7.14. The van der Waals surface area contributed by atoms with Gasteiger partial charge in [-0.3, -0.25) is 9.59 Å². The zero-order valence-corrected chi connectivity index (χ0v) is 15.1. The van der Waals surface area contributed by atoms with E-state index in [4.69, 9.17) is 16.1 Å². The summed E-state index contributed by atoms with van der Waals surface area (Å²) in [6.45, 7) is 2.37. The van der Waals surface area contributed by atoms with Crippen LogP contribution >= 0.6 is 11.6 Å². The molecule has 2 aromatic rings. The van der Waals surface area contributed by atoms with Gasteiger partial charge in [0.1, 0.15) is 17.0 Å². The van der Waals surface area contributed by atoms with Crippen LogP contribution in [0.1, 0.15) is 29.0 Å². The number of amides is 1. The highest BCUT2D eigenvalue weighted by molar-refractivity contribution is 6.33. The number of benzene rings is 1. The van der Waals surface area contributed by atoms with Gasteiger partial charge in [0.25, 0.3) is 5.91 Å². The van der Waals surface area contributed by atoms with E-state index < -0.39 is 11.9 Å². The number of aromatic nitrogens is 1. The number of nitrogens with zero attached hydrogens (tertiary/aromatic N) is 2. The number of carboxylic acid groups (broad SMARTS) is 1. The highest BCUT2D eigenvalue weighted by Gasteiger charge is 2.47. The van der Waals surface area contributed by atoms with Gasteiger partial charge in [0, 0.05) is 18.7 Å². The normalized spacial score (nSPS) is 22.6. The topological polar surface area (TPSA) is 83.6 Å². The van der Waals surface area contributed by atoms with Crippen molar-refractivity contribution in [2.45, 2.75) is 19.8 Å².